The highest BCUT2D eigenvalue weighted by Crippen LogP contribution is 2.41. The number of aromatic hydroxyl groups is 1. The summed E-state index contributed by atoms with van der Waals surface area (Å²) in [7, 11) is 1.42. The number of ether oxygens (including phenoxy) is 4. The van der Waals surface area contributed by atoms with Crippen molar-refractivity contribution in [3.05, 3.63) is 52.7 Å². The summed E-state index contributed by atoms with van der Waals surface area (Å²) < 4.78 is 21.7. The van der Waals surface area contributed by atoms with Crippen molar-refractivity contribution in [1.29, 1.82) is 0 Å². The van der Waals surface area contributed by atoms with Crippen LogP contribution in [0.2, 0.25) is 0 Å². The zero-order valence-corrected chi connectivity index (χ0v) is 17.5. The van der Waals surface area contributed by atoms with Crippen molar-refractivity contribution in [3.8, 4) is 17.2 Å². The zero-order valence-electron chi connectivity index (χ0n) is 17.5. The third-order valence-corrected chi connectivity index (χ3v) is 5.64. The molecule has 1 aromatic carbocycles. The predicted octanol–water partition coefficient (Wildman–Crippen LogP) is 0.166. The summed E-state index contributed by atoms with van der Waals surface area (Å²) in [4.78, 5) is 12.7. The quantitative estimate of drug-likeness (QED) is 0.358. The Morgan fingerprint density at radius 3 is 2.55 bits per heavy atom. The van der Waals surface area contributed by atoms with Crippen LogP contribution in [0.4, 0.5) is 0 Å². The zero-order chi connectivity index (χ0) is 23.9. The number of benzene rings is 1. The Morgan fingerprint density at radius 2 is 1.88 bits per heavy atom. The molecule has 0 bridgehead atoms. The third-order valence-electron chi connectivity index (χ3n) is 5.64. The fourth-order valence-corrected chi connectivity index (χ4v) is 3.87. The first-order chi connectivity index (χ1) is 15.7. The standard InChI is InChI=1S/C22H24O11/c1-30-14-3-2-9(4-11(14)24)15-7-13(26)18-12(25)5-10(6-16(18)32-15)31-22-21(29)20(28)19(27)17(8-23)33-22/h3-6,17,19-25,27-29H,2,7-8H2,1H3/b15-9+/t17-,19-,20+,21-,22-/m1/s1. The highest BCUT2D eigenvalue weighted by atomic mass is 16.7. The van der Waals surface area contributed by atoms with E-state index in [2.05, 4.69) is 0 Å². The average molecular weight is 464 g/mol. The summed E-state index contributed by atoms with van der Waals surface area (Å²) in [6.07, 6.45) is -4.23. The number of phenolic OH excluding ortho intramolecular Hbond substituents is 1. The molecule has 0 spiro atoms. The van der Waals surface area contributed by atoms with E-state index in [0.717, 1.165) is 6.07 Å². The van der Waals surface area contributed by atoms with Crippen molar-refractivity contribution in [3.63, 3.8) is 0 Å². The number of aliphatic hydroxyl groups is 5. The first kappa shape index (κ1) is 23.1. The van der Waals surface area contributed by atoms with Gasteiger partial charge in [-0.2, -0.15) is 0 Å². The molecule has 2 aliphatic heterocycles. The minimum atomic E-state index is -1.65. The maximum absolute atomic E-state index is 12.7. The molecule has 33 heavy (non-hydrogen) atoms. The molecule has 1 aliphatic carbocycles. The molecule has 0 unspecified atom stereocenters. The van der Waals surface area contributed by atoms with E-state index in [1.54, 1.807) is 6.08 Å². The number of fused-ring (bicyclic) bond motifs is 1. The van der Waals surface area contributed by atoms with Gasteiger partial charge in [0.1, 0.15) is 53.0 Å². The van der Waals surface area contributed by atoms with Gasteiger partial charge < -0.3 is 49.6 Å². The number of carbonyl (C=O) groups excluding carboxylic acids is 1. The molecule has 0 aromatic heterocycles. The van der Waals surface area contributed by atoms with E-state index < -0.39 is 48.8 Å². The summed E-state index contributed by atoms with van der Waals surface area (Å²) in [5, 5.41) is 59.7. The number of allylic oxidation sites excluding steroid dienone is 4. The molecule has 11 nitrogen and oxygen atoms in total. The molecule has 2 heterocycles. The first-order valence-electron chi connectivity index (χ1n) is 10.2. The number of phenols is 1. The van der Waals surface area contributed by atoms with Gasteiger partial charge in [0.15, 0.2) is 17.3 Å². The molecule has 1 aromatic rings. The second kappa shape index (κ2) is 9.04. The van der Waals surface area contributed by atoms with E-state index in [0.29, 0.717) is 17.8 Å². The lowest BCUT2D eigenvalue weighted by Crippen LogP contribution is -2.60. The lowest BCUT2D eigenvalue weighted by molar-refractivity contribution is -0.277. The van der Waals surface area contributed by atoms with Crippen LogP contribution in [0.15, 0.2) is 47.1 Å². The highest BCUT2D eigenvalue weighted by Gasteiger charge is 2.45. The maximum Gasteiger partial charge on any atom is 0.229 e. The van der Waals surface area contributed by atoms with Gasteiger partial charge in [0.05, 0.1) is 20.1 Å². The monoisotopic (exact) mass is 464 g/mol. The van der Waals surface area contributed by atoms with Crippen LogP contribution >= 0.6 is 0 Å². The van der Waals surface area contributed by atoms with E-state index in [-0.39, 0.29) is 35.0 Å². The van der Waals surface area contributed by atoms with Gasteiger partial charge in [0.25, 0.3) is 0 Å². The summed E-state index contributed by atoms with van der Waals surface area (Å²) in [5.74, 6) is -0.448. The smallest absolute Gasteiger partial charge is 0.229 e. The minimum Gasteiger partial charge on any atom is -0.507 e. The average Bonchev–Trinajstić information content (AvgIpc) is 2.78. The number of Topliss-reactive ketones (excluding diaryl/α,β-unsaturated/α-hetero) is 1. The van der Waals surface area contributed by atoms with Crippen LogP contribution in [-0.2, 0) is 9.47 Å². The number of hydrogen-bond donors (Lipinski definition) is 6. The lowest BCUT2D eigenvalue weighted by atomic mass is 9.96. The summed E-state index contributed by atoms with van der Waals surface area (Å²) in [5.41, 5.74) is 0.490. The van der Waals surface area contributed by atoms with Gasteiger partial charge in [-0.3, -0.25) is 4.79 Å². The number of aliphatic hydroxyl groups excluding tert-OH is 5. The Bertz CT molecular complexity index is 1040. The molecule has 3 aliphatic rings. The van der Waals surface area contributed by atoms with Crippen molar-refractivity contribution in [2.75, 3.05) is 13.7 Å². The van der Waals surface area contributed by atoms with Crippen molar-refractivity contribution in [2.24, 2.45) is 0 Å². The van der Waals surface area contributed by atoms with Crippen LogP contribution in [-0.4, -0.2) is 80.8 Å². The Kier molecular flexibility index (Phi) is 6.32. The summed E-state index contributed by atoms with van der Waals surface area (Å²) in [6.45, 7) is -0.631. The fraction of sp³-hybridized carbons (Fsp3) is 0.409. The van der Waals surface area contributed by atoms with Gasteiger partial charge in [0.2, 0.25) is 6.29 Å². The second-order valence-electron chi connectivity index (χ2n) is 7.79. The molecule has 178 valence electrons. The Hall–Kier alpha value is -3.09. The van der Waals surface area contributed by atoms with E-state index in [4.69, 9.17) is 18.9 Å². The number of rotatable bonds is 4. The van der Waals surface area contributed by atoms with Gasteiger partial charge >= 0.3 is 0 Å². The number of hydrogen-bond acceptors (Lipinski definition) is 11. The lowest BCUT2D eigenvalue weighted by Gasteiger charge is -2.39. The largest absolute Gasteiger partial charge is 0.507 e. The van der Waals surface area contributed by atoms with Crippen molar-refractivity contribution in [1.82, 2.24) is 0 Å². The van der Waals surface area contributed by atoms with Gasteiger partial charge in [-0.1, -0.05) is 0 Å². The SMILES string of the molecule is COC1=CC/C(=C2/CC(=O)c3c(O)cc(O[C@@H]4O[C@H](CO)[C@@H](O)[C@H](O)[C@H]4O)cc3O2)C=C1O. The van der Waals surface area contributed by atoms with Crippen LogP contribution in [0, 0.1) is 0 Å². The van der Waals surface area contributed by atoms with Crippen LogP contribution in [0.1, 0.15) is 23.2 Å². The van der Waals surface area contributed by atoms with E-state index >= 15 is 0 Å². The number of carbonyl (C=O) groups is 1. The number of methoxy groups -OCH3 is 1. The van der Waals surface area contributed by atoms with Gasteiger partial charge in [-0.15, -0.1) is 0 Å². The molecular weight excluding hydrogens is 440 g/mol. The van der Waals surface area contributed by atoms with Crippen LogP contribution in [0.5, 0.6) is 17.2 Å². The van der Waals surface area contributed by atoms with Crippen LogP contribution in [0.25, 0.3) is 0 Å². The molecule has 1 fully saturated rings. The Balaban J connectivity index is 1.61. The molecule has 0 radical (unpaired) electrons. The van der Waals surface area contributed by atoms with Gasteiger partial charge in [0, 0.05) is 12.1 Å². The van der Waals surface area contributed by atoms with E-state index in [1.807, 2.05) is 0 Å². The highest BCUT2D eigenvalue weighted by molar-refractivity contribution is 6.04. The van der Waals surface area contributed by atoms with Crippen molar-refractivity contribution >= 4 is 5.78 Å². The normalized spacial score (nSPS) is 31.8. The summed E-state index contributed by atoms with van der Waals surface area (Å²) in [6, 6.07) is 2.43. The van der Waals surface area contributed by atoms with E-state index in [9.17, 15) is 35.4 Å². The topological polar surface area (TPSA) is 175 Å². The molecule has 1 saturated heterocycles. The second-order valence-corrected chi connectivity index (χ2v) is 7.79. The number of ketones is 1. The molecule has 5 atom stereocenters. The summed E-state index contributed by atoms with van der Waals surface area (Å²) >= 11 is 0. The van der Waals surface area contributed by atoms with Crippen LogP contribution < -0.4 is 9.47 Å². The Morgan fingerprint density at radius 1 is 1.12 bits per heavy atom. The van der Waals surface area contributed by atoms with Crippen molar-refractivity contribution in [2.45, 2.75) is 43.5 Å². The maximum atomic E-state index is 12.7. The van der Waals surface area contributed by atoms with Crippen LogP contribution in [0.3, 0.4) is 0 Å². The van der Waals surface area contributed by atoms with Gasteiger partial charge in [-0.25, -0.2) is 0 Å². The molecule has 6 N–H and O–H groups in total. The molecular formula is C22H24O11. The molecule has 0 amide bonds. The molecule has 0 saturated carbocycles. The molecule has 4 rings (SSSR count). The van der Waals surface area contributed by atoms with Crippen molar-refractivity contribution < 1.29 is 54.4 Å². The van der Waals surface area contributed by atoms with E-state index in [1.165, 1.54) is 19.3 Å². The first-order valence-corrected chi connectivity index (χ1v) is 10.2. The molecule has 11 heteroatoms. The fourth-order valence-electron chi connectivity index (χ4n) is 3.87. The Labute approximate surface area is 188 Å². The minimum absolute atomic E-state index is 0.0113. The van der Waals surface area contributed by atoms with Gasteiger partial charge in [-0.05, 0) is 24.1 Å². The predicted molar refractivity (Wildman–Crippen MR) is 110 cm³/mol. The third kappa shape index (κ3) is 4.28.